The van der Waals surface area contributed by atoms with E-state index in [0.717, 1.165) is 0 Å². The highest BCUT2D eigenvalue weighted by molar-refractivity contribution is 6.25. The van der Waals surface area contributed by atoms with Gasteiger partial charge in [-0.2, -0.15) is 0 Å². The zero-order valence-electron chi connectivity index (χ0n) is 17.8. The summed E-state index contributed by atoms with van der Waals surface area (Å²) in [6.07, 6.45) is 0.422. The third-order valence-electron chi connectivity index (χ3n) is 6.85. The number of nitrogens with two attached hydrogens (primary N) is 1. The number of phenolic OH excluding ortho intramolecular Hbond substituents is 1. The number of nitrogens with zero attached hydrogens (tertiary/aromatic N) is 1. The minimum Gasteiger partial charge on any atom is -0.508 e. The summed E-state index contributed by atoms with van der Waals surface area (Å²) in [4.78, 5) is 52.6. The number of Topliss-reactive ketones (excluding diaryl/α,β-unsaturated/α-hetero) is 2. The fourth-order valence-corrected chi connectivity index (χ4v) is 5.48. The van der Waals surface area contributed by atoms with Gasteiger partial charge in [0.15, 0.2) is 11.4 Å². The van der Waals surface area contributed by atoms with Crippen LogP contribution in [0.3, 0.4) is 0 Å². The molecule has 1 amide bonds. The van der Waals surface area contributed by atoms with Crippen molar-refractivity contribution in [3.8, 4) is 5.75 Å². The van der Waals surface area contributed by atoms with Gasteiger partial charge in [0.2, 0.25) is 5.78 Å². The van der Waals surface area contributed by atoms with Crippen LogP contribution in [0.4, 0.5) is 0 Å². The molecule has 10 nitrogen and oxygen atoms in total. The second-order valence-corrected chi connectivity index (χ2v) is 8.66. The fraction of sp³-hybridized carbons (Fsp3) is 0.304. The van der Waals surface area contributed by atoms with E-state index in [1.54, 1.807) is 0 Å². The molecule has 3 aliphatic carbocycles. The van der Waals surface area contributed by atoms with Crippen molar-refractivity contribution in [1.29, 1.82) is 0 Å². The molecule has 1 fully saturated rings. The molecule has 0 saturated heterocycles. The molecule has 4 rings (SSSR count). The van der Waals surface area contributed by atoms with Crippen LogP contribution in [-0.2, 0) is 19.2 Å². The Labute approximate surface area is 187 Å². The highest BCUT2D eigenvalue weighted by Gasteiger charge is 2.68. The highest BCUT2D eigenvalue weighted by Crippen LogP contribution is 2.57. The van der Waals surface area contributed by atoms with Crippen LogP contribution in [0.2, 0.25) is 0 Å². The van der Waals surface area contributed by atoms with E-state index in [4.69, 9.17) is 5.73 Å². The number of aliphatic hydroxyl groups is 3. The number of aldehydes is 1. The summed E-state index contributed by atoms with van der Waals surface area (Å²) in [5, 5.41) is 43.7. The van der Waals surface area contributed by atoms with Crippen LogP contribution < -0.4 is 5.73 Å². The summed E-state index contributed by atoms with van der Waals surface area (Å²) in [6.45, 7) is 3.96. The molecule has 172 valence electrons. The van der Waals surface area contributed by atoms with E-state index in [1.165, 1.54) is 37.2 Å². The maximum absolute atomic E-state index is 13.7. The molecule has 1 saturated carbocycles. The summed E-state index contributed by atoms with van der Waals surface area (Å²) in [5.41, 5.74) is 1.30. The van der Waals surface area contributed by atoms with Gasteiger partial charge in [0.25, 0.3) is 5.91 Å². The Hall–Kier alpha value is -3.76. The van der Waals surface area contributed by atoms with Gasteiger partial charge in [-0.05, 0) is 31.3 Å². The van der Waals surface area contributed by atoms with E-state index < -0.39 is 69.5 Å². The van der Waals surface area contributed by atoms with Gasteiger partial charge >= 0.3 is 0 Å². The van der Waals surface area contributed by atoms with E-state index in [0.29, 0.717) is 6.29 Å². The summed E-state index contributed by atoms with van der Waals surface area (Å²) in [7, 11) is 2.89. The number of ketones is 2. The lowest BCUT2D eigenvalue weighted by Crippen LogP contribution is -2.68. The molecule has 0 unspecified atom stereocenters. The van der Waals surface area contributed by atoms with Crippen molar-refractivity contribution in [3.05, 3.63) is 52.8 Å². The lowest BCUT2D eigenvalue weighted by atomic mass is 9.52. The minimum absolute atomic E-state index is 0.122. The van der Waals surface area contributed by atoms with Gasteiger partial charge in [-0.1, -0.05) is 18.7 Å². The Morgan fingerprint density at radius 1 is 1.21 bits per heavy atom. The van der Waals surface area contributed by atoms with E-state index >= 15 is 0 Å². The van der Waals surface area contributed by atoms with Crippen molar-refractivity contribution in [3.63, 3.8) is 0 Å². The van der Waals surface area contributed by atoms with Crippen LogP contribution in [0.25, 0.3) is 11.3 Å². The number of phenols is 1. The number of amides is 1. The average molecular weight is 454 g/mol. The van der Waals surface area contributed by atoms with Crippen molar-refractivity contribution in [1.82, 2.24) is 4.90 Å². The Kier molecular flexibility index (Phi) is 4.84. The van der Waals surface area contributed by atoms with E-state index in [2.05, 4.69) is 6.58 Å². The van der Waals surface area contributed by atoms with Gasteiger partial charge in [-0.3, -0.25) is 19.3 Å². The predicted molar refractivity (Wildman–Crippen MR) is 115 cm³/mol. The molecule has 1 aromatic carbocycles. The zero-order valence-corrected chi connectivity index (χ0v) is 17.8. The van der Waals surface area contributed by atoms with Crippen molar-refractivity contribution >= 4 is 35.1 Å². The number of primary amides is 1. The third-order valence-corrected chi connectivity index (χ3v) is 6.85. The molecule has 0 spiro atoms. The molecule has 1 aromatic rings. The number of likely N-dealkylation sites (N-methyl/N-ethyl adjacent to an activating group) is 1. The first-order valence-electron chi connectivity index (χ1n) is 10.0. The third kappa shape index (κ3) is 2.61. The molecule has 0 aromatic heterocycles. The van der Waals surface area contributed by atoms with Gasteiger partial charge in [0, 0.05) is 23.3 Å². The molecule has 33 heavy (non-hydrogen) atoms. The number of fused-ring (bicyclic) bond motifs is 3. The molecule has 0 radical (unpaired) electrons. The first-order valence-corrected chi connectivity index (χ1v) is 10.0. The zero-order chi connectivity index (χ0) is 24.6. The molecule has 10 heteroatoms. The smallest absolute Gasteiger partial charge is 0.255 e. The van der Waals surface area contributed by atoms with Crippen molar-refractivity contribution in [2.75, 3.05) is 14.1 Å². The number of aromatic hydroxyl groups is 1. The van der Waals surface area contributed by atoms with Crippen LogP contribution >= 0.6 is 0 Å². The normalized spacial score (nSPS) is 31.3. The Balaban J connectivity index is 2.12. The number of hydrogen-bond donors (Lipinski definition) is 5. The van der Waals surface area contributed by atoms with Gasteiger partial charge in [-0.25, -0.2) is 0 Å². The summed E-state index contributed by atoms with van der Waals surface area (Å²) in [5.74, 6) is -9.87. The maximum atomic E-state index is 13.7. The minimum atomic E-state index is -2.92. The molecule has 6 N–H and O–H groups in total. The Bertz CT molecular complexity index is 1230. The largest absolute Gasteiger partial charge is 0.508 e. The summed E-state index contributed by atoms with van der Waals surface area (Å²) >= 11 is 0. The first kappa shape index (κ1) is 22.4. The van der Waals surface area contributed by atoms with E-state index in [-0.39, 0.29) is 22.4 Å². The van der Waals surface area contributed by atoms with Crippen molar-refractivity contribution < 1.29 is 39.6 Å². The quantitative estimate of drug-likeness (QED) is 0.307. The van der Waals surface area contributed by atoms with Crippen LogP contribution in [-0.4, -0.2) is 74.8 Å². The number of aliphatic hydroxyl groups excluding tert-OH is 2. The van der Waals surface area contributed by atoms with Crippen molar-refractivity contribution in [2.24, 2.45) is 23.5 Å². The van der Waals surface area contributed by atoms with Gasteiger partial charge in [0.05, 0.1) is 11.6 Å². The Morgan fingerprint density at radius 3 is 2.39 bits per heavy atom. The fourth-order valence-electron chi connectivity index (χ4n) is 5.48. The first-order chi connectivity index (χ1) is 15.4. The SMILES string of the molecule is C=C1c2cccc(O)c2C(O)=C2C(=O)[C@]3(O)C(O)=C(C(N)=O)C(=O)[C@H](N(C)C)[C@@H]3[C@H](C=O)[C@H]12. The molecular formula is C23H22N2O8. The van der Waals surface area contributed by atoms with Crippen molar-refractivity contribution in [2.45, 2.75) is 11.6 Å². The number of carbonyl (C=O) groups excluding carboxylic acids is 4. The molecule has 0 bridgehead atoms. The van der Waals surface area contributed by atoms with Gasteiger partial charge in [0.1, 0.15) is 29.1 Å². The molecule has 0 heterocycles. The van der Waals surface area contributed by atoms with Crippen LogP contribution in [0.5, 0.6) is 5.75 Å². The number of allylic oxidation sites excluding steroid dienone is 1. The second-order valence-electron chi connectivity index (χ2n) is 8.66. The molecule has 3 aliphatic rings. The van der Waals surface area contributed by atoms with Crippen LogP contribution in [0.1, 0.15) is 11.1 Å². The van der Waals surface area contributed by atoms with Crippen LogP contribution in [0, 0.1) is 17.8 Å². The Morgan fingerprint density at radius 2 is 1.85 bits per heavy atom. The van der Waals surface area contributed by atoms with Gasteiger partial charge in [-0.15, -0.1) is 0 Å². The summed E-state index contributed by atoms with van der Waals surface area (Å²) in [6, 6.07) is 2.93. The number of benzene rings is 1. The monoisotopic (exact) mass is 454 g/mol. The number of rotatable bonds is 3. The van der Waals surface area contributed by atoms with E-state index in [9.17, 15) is 39.6 Å². The highest BCUT2D eigenvalue weighted by atomic mass is 16.3. The average Bonchev–Trinajstić information content (AvgIpc) is 2.73. The standard InChI is InChI=1S/C23H22N2O8/c1-8-9-5-4-6-11(27)13(9)18(28)14-12(8)10(7-26)16-17(25(2)3)19(29)15(22(24)32)21(31)23(16,33)20(14)30/h4-7,10,12,16-17,27-28,31,33H,1H2,2-3H3,(H2,24,32)/t10-,12+,16+,17-,23+/m1/s1. The number of carbonyl (C=O) groups is 4. The molecule has 0 aliphatic heterocycles. The van der Waals surface area contributed by atoms with Gasteiger partial charge < -0.3 is 31.0 Å². The lowest BCUT2D eigenvalue weighted by molar-refractivity contribution is -0.159. The lowest BCUT2D eigenvalue weighted by Gasteiger charge is -2.53. The van der Waals surface area contributed by atoms with Crippen LogP contribution in [0.15, 0.2) is 41.7 Å². The predicted octanol–water partition coefficient (Wildman–Crippen LogP) is -0.140. The topological polar surface area (TPSA) is 178 Å². The second kappa shape index (κ2) is 7.12. The number of hydrogen-bond acceptors (Lipinski definition) is 9. The summed E-state index contributed by atoms with van der Waals surface area (Å²) < 4.78 is 0. The molecule has 5 atom stereocenters. The maximum Gasteiger partial charge on any atom is 0.255 e. The molecular weight excluding hydrogens is 432 g/mol. The van der Waals surface area contributed by atoms with E-state index in [1.807, 2.05) is 0 Å².